The molecule has 2 heterocycles. The molecule has 1 saturated heterocycles. The maximum atomic E-state index is 5.96. The lowest BCUT2D eigenvalue weighted by atomic mass is 9.79. The number of thiocarbonyl (C=S) groups is 1. The van der Waals surface area contributed by atoms with Crippen molar-refractivity contribution in [3.63, 3.8) is 0 Å². The Morgan fingerprint density at radius 1 is 1.17 bits per heavy atom. The largest absolute Gasteiger partial charge is 0.342 e. The molecule has 0 radical (unpaired) electrons. The minimum absolute atomic E-state index is 0.0501. The fourth-order valence-corrected chi connectivity index (χ4v) is 4.92. The smallest absolute Gasteiger partial charge is 0.173 e. The van der Waals surface area contributed by atoms with Gasteiger partial charge in [0.2, 0.25) is 0 Å². The highest BCUT2D eigenvalue weighted by Gasteiger charge is 2.40. The van der Waals surface area contributed by atoms with E-state index in [1.54, 1.807) is 0 Å². The van der Waals surface area contributed by atoms with E-state index in [0.29, 0.717) is 6.04 Å². The zero-order valence-electron chi connectivity index (χ0n) is 18.5. The van der Waals surface area contributed by atoms with Crippen LogP contribution in [0.1, 0.15) is 57.2 Å². The average Bonchev–Trinajstić information content (AvgIpc) is 2.61. The molecule has 0 unspecified atom stereocenters. The summed E-state index contributed by atoms with van der Waals surface area (Å²) in [6.07, 6.45) is 5.82. The van der Waals surface area contributed by atoms with Crippen LogP contribution in [0.4, 0.5) is 5.69 Å². The minimum Gasteiger partial charge on any atom is -0.342 e. The summed E-state index contributed by atoms with van der Waals surface area (Å²) in [5.41, 5.74) is 4.78. The number of benzene rings is 1. The molecule has 1 aromatic carbocycles. The fraction of sp³-hybridized carbons (Fsp3) is 0.500. The van der Waals surface area contributed by atoms with E-state index in [2.05, 4.69) is 86.3 Å². The molecule has 0 spiro atoms. The van der Waals surface area contributed by atoms with E-state index in [9.17, 15) is 0 Å². The topological polar surface area (TPSA) is 40.2 Å². The van der Waals surface area contributed by atoms with Crippen molar-refractivity contribution in [2.45, 2.75) is 78.0 Å². The van der Waals surface area contributed by atoms with Gasteiger partial charge < -0.3 is 15.5 Å². The highest BCUT2D eigenvalue weighted by molar-refractivity contribution is 7.80. The first-order valence-corrected chi connectivity index (χ1v) is 10.8. The lowest BCUT2D eigenvalue weighted by molar-refractivity contribution is 0.101. The number of nitrogens with zero attached hydrogens (tertiary/aromatic N) is 2. The van der Waals surface area contributed by atoms with Gasteiger partial charge in [0.05, 0.1) is 0 Å². The first kappa shape index (κ1) is 21.7. The molecular formula is C24H34N4S. The number of hydrogen-bond acceptors (Lipinski definition) is 3. The molecule has 156 valence electrons. The van der Waals surface area contributed by atoms with E-state index < -0.39 is 0 Å². The van der Waals surface area contributed by atoms with Crippen LogP contribution in [-0.2, 0) is 6.54 Å². The number of pyridine rings is 1. The molecule has 0 amide bonds. The predicted molar refractivity (Wildman–Crippen MR) is 126 cm³/mol. The number of aryl methyl sites for hydroxylation is 2. The van der Waals surface area contributed by atoms with Crippen molar-refractivity contribution in [3.8, 4) is 0 Å². The number of nitrogens with one attached hydrogen (secondary N) is 2. The summed E-state index contributed by atoms with van der Waals surface area (Å²) in [6, 6.07) is 10.9. The summed E-state index contributed by atoms with van der Waals surface area (Å²) in [5.74, 6) is 0. The van der Waals surface area contributed by atoms with E-state index in [4.69, 9.17) is 12.2 Å². The van der Waals surface area contributed by atoms with Crippen LogP contribution in [0.5, 0.6) is 0 Å². The van der Waals surface area contributed by atoms with Gasteiger partial charge in [0.1, 0.15) is 0 Å². The van der Waals surface area contributed by atoms with E-state index in [0.717, 1.165) is 30.2 Å². The Kier molecular flexibility index (Phi) is 6.30. The molecule has 1 aromatic heterocycles. The number of hydrogen-bond donors (Lipinski definition) is 2. The summed E-state index contributed by atoms with van der Waals surface area (Å²) in [6.45, 7) is 14.1. The second-order valence-corrected chi connectivity index (χ2v) is 10.1. The zero-order chi connectivity index (χ0) is 21.2. The van der Waals surface area contributed by atoms with Gasteiger partial charge in [0.25, 0.3) is 0 Å². The van der Waals surface area contributed by atoms with Crippen molar-refractivity contribution in [3.05, 3.63) is 59.4 Å². The van der Waals surface area contributed by atoms with Crippen LogP contribution in [-0.4, -0.2) is 32.1 Å². The van der Waals surface area contributed by atoms with Crippen LogP contribution < -0.4 is 10.6 Å². The maximum absolute atomic E-state index is 5.96. The van der Waals surface area contributed by atoms with Gasteiger partial charge in [-0.15, -0.1) is 0 Å². The third-order valence-corrected chi connectivity index (χ3v) is 5.92. The number of piperidine rings is 1. The minimum atomic E-state index is 0.0501. The van der Waals surface area contributed by atoms with Crippen LogP contribution in [0.25, 0.3) is 0 Å². The molecule has 4 nitrogen and oxygen atoms in total. The van der Waals surface area contributed by atoms with Gasteiger partial charge in [-0.1, -0.05) is 18.2 Å². The van der Waals surface area contributed by atoms with E-state index in [-0.39, 0.29) is 11.1 Å². The number of anilines is 1. The van der Waals surface area contributed by atoms with Gasteiger partial charge in [-0.25, -0.2) is 0 Å². The molecule has 5 heteroatoms. The normalized spacial score (nSPS) is 18.3. The molecule has 29 heavy (non-hydrogen) atoms. The monoisotopic (exact) mass is 410 g/mol. The third-order valence-electron chi connectivity index (χ3n) is 5.58. The second-order valence-electron chi connectivity index (χ2n) is 9.69. The summed E-state index contributed by atoms with van der Waals surface area (Å²) in [4.78, 5) is 6.67. The molecule has 3 rings (SSSR count). The molecule has 2 aromatic rings. The fourth-order valence-electron chi connectivity index (χ4n) is 4.60. The van der Waals surface area contributed by atoms with Crippen molar-refractivity contribution in [1.29, 1.82) is 0 Å². The highest BCUT2D eigenvalue weighted by Crippen LogP contribution is 2.33. The van der Waals surface area contributed by atoms with Crippen molar-refractivity contribution >= 4 is 23.0 Å². The summed E-state index contributed by atoms with van der Waals surface area (Å²) in [7, 11) is 0. The van der Waals surface area contributed by atoms with Gasteiger partial charge in [-0.2, -0.15) is 0 Å². The zero-order valence-corrected chi connectivity index (χ0v) is 19.4. The molecule has 1 aliphatic heterocycles. The first-order valence-electron chi connectivity index (χ1n) is 10.4. The van der Waals surface area contributed by atoms with Gasteiger partial charge in [-0.3, -0.25) is 4.98 Å². The SMILES string of the molecule is Cc1ccc(C)c(NC(=S)N(Cc2cccnc2)C2CC(C)(C)NC(C)(C)C2)c1. The summed E-state index contributed by atoms with van der Waals surface area (Å²) >= 11 is 5.96. The van der Waals surface area contributed by atoms with Crippen molar-refractivity contribution in [2.75, 3.05) is 5.32 Å². The van der Waals surface area contributed by atoms with Gasteiger partial charge in [-0.05, 0) is 95.4 Å². The summed E-state index contributed by atoms with van der Waals surface area (Å²) < 4.78 is 0. The molecule has 1 fully saturated rings. The molecule has 0 aliphatic carbocycles. The molecular weight excluding hydrogens is 376 g/mol. The Morgan fingerprint density at radius 3 is 2.48 bits per heavy atom. The lowest BCUT2D eigenvalue weighted by Gasteiger charge is -2.50. The molecule has 0 bridgehead atoms. The molecule has 0 atom stereocenters. The van der Waals surface area contributed by atoms with Gasteiger partial charge in [0, 0.05) is 41.7 Å². The van der Waals surface area contributed by atoms with Gasteiger partial charge >= 0.3 is 0 Å². The van der Waals surface area contributed by atoms with Crippen molar-refractivity contribution in [2.24, 2.45) is 0 Å². The second kappa shape index (κ2) is 8.41. The molecule has 1 aliphatic rings. The lowest BCUT2D eigenvalue weighted by Crippen LogP contribution is -2.63. The Labute approximate surface area is 181 Å². The Balaban J connectivity index is 1.90. The summed E-state index contributed by atoms with van der Waals surface area (Å²) in [5, 5.41) is 8.10. The van der Waals surface area contributed by atoms with Crippen LogP contribution in [0.2, 0.25) is 0 Å². The third kappa shape index (κ3) is 5.77. The van der Waals surface area contributed by atoms with E-state index >= 15 is 0 Å². The number of aromatic nitrogens is 1. The highest BCUT2D eigenvalue weighted by atomic mass is 32.1. The number of rotatable bonds is 4. The predicted octanol–water partition coefficient (Wildman–Crippen LogP) is 5.21. The Morgan fingerprint density at radius 2 is 1.86 bits per heavy atom. The van der Waals surface area contributed by atoms with Crippen LogP contribution in [0.3, 0.4) is 0 Å². The van der Waals surface area contributed by atoms with E-state index in [1.165, 1.54) is 16.7 Å². The van der Waals surface area contributed by atoms with E-state index in [1.807, 2.05) is 18.5 Å². The molecule has 2 N–H and O–H groups in total. The van der Waals surface area contributed by atoms with Crippen LogP contribution in [0, 0.1) is 13.8 Å². The van der Waals surface area contributed by atoms with Crippen molar-refractivity contribution < 1.29 is 0 Å². The van der Waals surface area contributed by atoms with Crippen LogP contribution in [0.15, 0.2) is 42.7 Å². The van der Waals surface area contributed by atoms with Crippen LogP contribution >= 0.6 is 12.2 Å². The maximum Gasteiger partial charge on any atom is 0.173 e. The first-order chi connectivity index (χ1) is 13.5. The van der Waals surface area contributed by atoms with Gasteiger partial charge in [0.15, 0.2) is 5.11 Å². The standard InChI is InChI=1S/C24H34N4S/c1-17-9-10-18(2)21(12-17)26-22(29)28(16-19-8-7-11-25-15-19)20-13-23(3,4)27-24(5,6)14-20/h7-12,15,20,27H,13-14,16H2,1-6H3,(H,26,29). The quantitative estimate of drug-likeness (QED) is 0.678. The average molecular weight is 411 g/mol. The molecule has 0 saturated carbocycles. The Bertz CT molecular complexity index is 844. The van der Waals surface area contributed by atoms with Crippen molar-refractivity contribution in [1.82, 2.24) is 15.2 Å². The Hall–Kier alpha value is -1.98.